The fourth-order valence-electron chi connectivity index (χ4n) is 3.83. The second-order valence-electron chi connectivity index (χ2n) is 10.3. The molecule has 5 heteroatoms. The van der Waals surface area contributed by atoms with E-state index in [1.165, 1.54) is 22.1 Å². The number of benzene rings is 2. The van der Waals surface area contributed by atoms with E-state index in [1.807, 2.05) is 6.20 Å². The quantitative estimate of drug-likeness (QED) is 0.277. The Labute approximate surface area is 196 Å². The van der Waals surface area contributed by atoms with Crippen LogP contribution in [0.5, 0.6) is 0 Å². The zero-order chi connectivity index (χ0) is 23.2. The van der Waals surface area contributed by atoms with Gasteiger partial charge in [-0.2, -0.15) is 0 Å². The summed E-state index contributed by atoms with van der Waals surface area (Å²) in [6.45, 7) is 12.1. The van der Waals surface area contributed by atoms with Gasteiger partial charge in [-0.1, -0.05) is 51.1 Å². The molecule has 5 rings (SSSR count). The number of pyridine rings is 1. The summed E-state index contributed by atoms with van der Waals surface area (Å²) < 4.78 is 8.55. The van der Waals surface area contributed by atoms with Gasteiger partial charge in [-0.15, -0.1) is 0 Å². The molecule has 2 aromatic carbocycles. The Morgan fingerprint density at radius 3 is 2.55 bits per heavy atom. The zero-order valence-electron chi connectivity index (χ0n) is 20.0. The summed E-state index contributed by atoms with van der Waals surface area (Å²) in [6.07, 6.45) is 6.23. The van der Waals surface area contributed by atoms with Gasteiger partial charge in [-0.3, -0.25) is 0 Å². The van der Waals surface area contributed by atoms with Crippen molar-refractivity contribution < 1.29 is 4.43 Å². The van der Waals surface area contributed by atoms with Crippen LogP contribution in [0.1, 0.15) is 26.3 Å². The molecule has 0 aliphatic heterocycles. The lowest BCUT2D eigenvalue weighted by Crippen LogP contribution is -2.40. The van der Waals surface area contributed by atoms with E-state index in [-0.39, 0.29) is 5.04 Å². The molecule has 0 amide bonds. The van der Waals surface area contributed by atoms with E-state index in [0.717, 1.165) is 22.4 Å². The molecule has 3 aromatic heterocycles. The highest BCUT2D eigenvalue weighted by molar-refractivity contribution is 6.74. The number of aromatic amines is 1. The molecule has 4 nitrogen and oxygen atoms in total. The van der Waals surface area contributed by atoms with Gasteiger partial charge in [0.25, 0.3) is 0 Å². The lowest BCUT2D eigenvalue weighted by Gasteiger charge is -2.36. The minimum atomic E-state index is -1.78. The molecular formula is C28H31N3OSi. The van der Waals surface area contributed by atoms with Gasteiger partial charge in [-0.25, -0.2) is 4.98 Å². The van der Waals surface area contributed by atoms with Crippen molar-refractivity contribution in [1.29, 1.82) is 0 Å². The predicted molar refractivity (Wildman–Crippen MR) is 140 cm³/mol. The van der Waals surface area contributed by atoms with E-state index >= 15 is 0 Å². The number of nitrogens with one attached hydrogen (secondary N) is 1. The van der Waals surface area contributed by atoms with Gasteiger partial charge in [-0.05, 0) is 70.5 Å². The molecule has 0 saturated carbocycles. The summed E-state index contributed by atoms with van der Waals surface area (Å²) in [5, 5.41) is 1.42. The first-order valence-electron chi connectivity index (χ1n) is 11.5. The van der Waals surface area contributed by atoms with Gasteiger partial charge in [0.05, 0.1) is 12.3 Å². The van der Waals surface area contributed by atoms with Crippen LogP contribution in [0.2, 0.25) is 18.1 Å². The number of H-pyrrole nitrogens is 1. The second-order valence-corrected chi connectivity index (χ2v) is 15.1. The molecule has 0 atom stereocenters. The molecule has 3 heterocycles. The molecule has 0 aliphatic rings. The minimum Gasteiger partial charge on any atom is -0.413 e. The standard InChI is InChI=1S/C28H31N3OSi/c1-28(2,3)33(4,5)32-19-20-7-6-8-22(15-20)24-11-12-27-30-26(18-31(27)17-24)23-10-9-21-13-14-29-25(21)16-23/h6-18,29H,19H2,1-5H3. The zero-order valence-corrected chi connectivity index (χ0v) is 21.0. The van der Waals surface area contributed by atoms with Crippen molar-refractivity contribution in [3.8, 4) is 22.4 Å². The van der Waals surface area contributed by atoms with E-state index in [9.17, 15) is 0 Å². The van der Waals surface area contributed by atoms with Crippen LogP contribution in [-0.2, 0) is 11.0 Å². The highest BCUT2D eigenvalue weighted by atomic mass is 28.4. The molecule has 33 heavy (non-hydrogen) atoms. The third kappa shape index (κ3) is 4.26. The van der Waals surface area contributed by atoms with Crippen molar-refractivity contribution in [2.45, 2.75) is 45.5 Å². The summed E-state index contributed by atoms with van der Waals surface area (Å²) in [6, 6.07) is 21.4. The fourth-order valence-corrected chi connectivity index (χ4v) is 4.79. The average Bonchev–Trinajstić information content (AvgIpc) is 3.43. The molecule has 0 bridgehead atoms. The number of rotatable bonds is 5. The van der Waals surface area contributed by atoms with Crippen LogP contribution in [0.25, 0.3) is 38.9 Å². The number of hydrogen-bond donors (Lipinski definition) is 1. The summed E-state index contributed by atoms with van der Waals surface area (Å²) in [5.74, 6) is 0. The molecular weight excluding hydrogens is 422 g/mol. The van der Waals surface area contributed by atoms with E-state index < -0.39 is 8.32 Å². The van der Waals surface area contributed by atoms with Gasteiger partial charge in [0.15, 0.2) is 8.32 Å². The van der Waals surface area contributed by atoms with E-state index in [0.29, 0.717) is 6.61 Å². The van der Waals surface area contributed by atoms with Crippen LogP contribution in [-0.4, -0.2) is 22.7 Å². The Bertz CT molecular complexity index is 1440. The molecule has 168 valence electrons. The molecule has 1 N–H and O–H groups in total. The third-order valence-electron chi connectivity index (χ3n) is 6.97. The van der Waals surface area contributed by atoms with Crippen molar-refractivity contribution >= 4 is 24.9 Å². The number of hydrogen-bond acceptors (Lipinski definition) is 2. The Morgan fingerprint density at radius 1 is 0.909 bits per heavy atom. The van der Waals surface area contributed by atoms with Gasteiger partial charge >= 0.3 is 0 Å². The first-order chi connectivity index (χ1) is 15.7. The lowest BCUT2D eigenvalue weighted by atomic mass is 10.1. The molecule has 0 radical (unpaired) electrons. The summed E-state index contributed by atoms with van der Waals surface area (Å²) in [5.41, 5.74) is 7.72. The number of fused-ring (bicyclic) bond motifs is 2. The minimum absolute atomic E-state index is 0.209. The molecule has 5 aromatic rings. The Morgan fingerprint density at radius 2 is 1.73 bits per heavy atom. The average molecular weight is 454 g/mol. The Kier molecular flexibility index (Phi) is 5.26. The van der Waals surface area contributed by atoms with Crippen LogP contribution in [0, 0.1) is 0 Å². The fraction of sp³-hybridized carbons (Fsp3) is 0.250. The monoisotopic (exact) mass is 453 g/mol. The smallest absolute Gasteiger partial charge is 0.192 e. The van der Waals surface area contributed by atoms with Gasteiger partial charge in [0.2, 0.25) is 0 Å². The van der Waals surface area contributed by atoms with Crippen molar-refractivity contribution in [3.05, 3.63) is 84.8 Å². The molecule has 0 fully saturated rings. The first kappa shape index (κ1) is 21.7. The van der Waals surface area contributed by atoms with E-state index in [2.05, 4.69) is 116 Å². The number of aromatic nitrogens is 3. The number of nitrogens with zero attached hydrogens (tertiary/aromatic N) is 2. The summed E-state index contributed by atoms with van der Waals surface area (Å²) >= 11 is 0. The van der Waals surface area contributed by atoms with Crippen LogP contribution in [0.4, 0.5) is 0 Å². The summed E-state index contributed by atoms with van der Waals surface area (Å²) in [7, 11) is -1.78. The highest BCUT2D eigenvalue weighted by Gasteiger charge is 2.37. The lowest BCUT2D eigenvalue weighted by molar-refractivity contribution is 0.276. The van der Waals surface area contributed by atoms with Crippen LogP contribution in [0.3, 0.4) is 0 Å². The van der Waals surface area contributed by atoms with Crippen LogP contribution in [0.15, 0.2) is 79.3 Å². The first-order valence-corrected chi connectivity index (χ1v) is 14.4. The maximum Gasteiger partial charge on any atom is 0.192 e. The molecule has 0 aliphatic carbocycles. The SMILES string of the molecule is CC(C)(C)[Si](C)(C)OCc1cccc(-c2ccc3nc(-c4ccc5cc[nH]c5c4)cn3c2)c1. The van der Waals surface area contributed by atoms with Crippen molar-refractivity contribution in [3.63, 3.8) is 0 Å². The van der Waals surface area contributed by atoms with Gasteiger partial charge < -0.3 is 13.8 Å². The molecule has 0 spiro atoms. The maximum absolute atomic E-state index is 6.44. The predicted octanol–water partition coefficient (Wildman–Crippen LogP) is 7.67. The Balaban J connectivity index is 1.41. The number of imidazole rings is 1. The molecule has 0 unspecified atom stereocenters. The van der Waals surface area contributed by atoms with Crippen LogP contribution >= 0.6 is 0 Å². The van der Waals surface area contributed by atoms with E-state index in [4.69, 9.17) is 9.41 Å². The van der Waals surface area contributed by atoms with Crippen molar-refractivity contribution in [1.82, 2.24) is 14.4 Å². The Hall–Kier alpha value is -3.15. The van der Waals surface area contributed by atoms with Gasteiger partial charge in [0.1, 0.15) is 5.65 Å². The largest absolute Gasteiger partial charge is 0.413 e. The normalized spacial score (nSPS) is 12.6. The topological polar surface area (TPSA) is 42.3 Å². The van der Waals surface area contributed by atoms with E-state index in [1.54, 1.807) is 0 Å². The summed E-state index contributed by atoms with van der Waals surface area (Å²) in [4.78, 5) is 8.12. The maximum atomic E-state index is 6.44. The van der Waals surface area contributed by atoms with Crippen molar-refractivity contribution in [2.24, 2.45) is 0 Å². The van der Waals surface area contributed by atoms with Gasteiger partial charge in [0, 0.05) is 29.7 Å². The van der Waals surface area contributed by atoms with Crippen molar-refractivity contribution in [2.75, 3.05) is 0 Å². The molecule has 0 saturated heterocycles. The van der Waals surface area contributed by atoms with Crippen LogP contribution < -0.4 is 0 Å². The highest BCUT2D eigenvalue weighted by Crippen LogP contribution is 2.37. The third-order valence-corrected chi connectivity index (χ3v) is 11.4. The second kappa shape index (κ2) is 8.01.